The van der Waals surface area contributed by atoms with Gasteiger partial charge >= 0.3 is 6.03 Å². The van der Waals surface area contributed by atoms with Gasteiger partial charge in [0.15, 0.2) is 0 Å². The second kappa shape index (κ2) is 8.99. The molecule has 3 N–H and O–H groups in total. The highest BCUT2D eigenvalue weighted by atomic mass is 16.5. The molecule has 0 aliphatic carbocycles. The molecule has 2 rings (SSSR count). The van der Waals surface area contributed by atoms with E-state index in [9.17, 15) is 9.90 Å². The van der Waals surface area contributed by atoms with Crippen molar-refractivity contribution in [2.75, 3.05) is 14.2 Å². The third-order valence-corrected chi connectivity index (χ3v) is 4.11. The summed E-state index contributed by atoms with van der Waals surface area (Å²) in [5.74, 6) is 1.59. The molecule has 26 heavy (non-hydrogen) atoms. The van der Waals surface area contributed by atoms with E-state index < -0.39 is 0 Å². The van der Waals surface area contributed by atoms with Crippen molar-refractivity contribution >= 4 is 6.03 Å². The number of phenolic OH excluding ortho intramolecular Hbond substituents is 1. The van der Waals surface area contributed by atoms with Crippen LogP contribution in [0.25, 0.3) is 0 Å². The maximum Gasteiger partial charge on any atom is 0.315 e. The van der Waals surface area contributed by atoms with Crippen molar-refractivity contribution in [2.45, 2.75) is 32.4 Å². The van der Waals surface area contributed by atoms with Crippen LogP contribution >= 0.6 is 0 Å². The van der Waals surface area contributed by atoms with Crippen molar-refractivity contribution in [3.63, 3.8) is 0 Å². The number of carbonyl (C=O) groups excluding carboxylic acids is 1. The van der Waals surface area contributed by atoms with Crippen LogP contribution in [0, 0.1) is 0 Å². The molecule has 2 aromatic rings. The van der Waals surface area contributed by atoms with Crippen LogP contribution in [0.3, 0.4) is 0 Å². The highest BCUT2D eigenvalue weighted by molar-refractivity contribution is 5.75. The summed E-state index contributed by atoms with van der Waals surface area (Å²) >= 11 is 0. The largest absolute Gasteiger partial charge is 0.508 e. The fraction of sp³-hybridized carbons (Fsp3) is 0.350. The summed E-state index contributed by atoms with van der Waals surface area (Å²) in [7, 11) is 3.18. The molecule has 0 saturated carbocycles. The smallest absolute Gasteiger partial charge is 0.315 e. The summed E-state index contributed by atoms with van der Waals surface area (Å²) in [6.07, 6.45) is 0.675. The zero-order valence-electron chi connectivity index (χ0n) is 15.6. The first kappa shape index (κ1) is 19.4. The van der Waals surface area contributed by atoms with Crippen molar-refractivity contribution in [3.8, 4) is 17.2 Å². The number of carbonyl (C=O) groups is 1. The van der Waals surface area contributed by atoms with Crippen molar-refractivity contribution < 1.29 is 19.4 Å². The number of nitrogens with one attached hydrogen (secondary N) is 2. The van der Waals surface area contributed by atoms with Gasteiger partial charge in [0.1, 0.15) is 17.2 Å². The lowest BCUT2D eigenvalue weighted by Crippen LogP contribution is -2.42. The summed E-state index contributed by atoms with van der Waals surface area (Å²) in [5.41, 5.74) is 1.91. The second-order valence-corrected chi connectivity index (χ2v) is 6.22. The molecule has 2 unspecified atom stereocenters. The Morgan fingerprint density at radius 1 is 1.04 bits per heavy atom. The number of methoxy groups -OCH3 is 2. The van der Waals surface area contributed by atoms with Crippen LogP contribution in [0.2, 0.25) is 0 Å². The van der Waals surface area contributed by atoms with E-state index in [4.69, 9.17) is 9.47 Å². The van der Waals surface area contributed by atoms with Crippen molar-refractivity contribution in [3.05, 3.63) is 53.6 Å². The number of hydrogen-bond donors (Lipinski definition) is 3. The molecule has 0 aliphatic heterocycles. The van der Waals surface area contributed by atoms with Crippen molar-refractivity contribution in [1.82, 2.24) is 10.6 Å². The van der Waals surface area contributed by atoms with Gasteiger partial charge in [0.05, 0.1) is 20.3 Å². The van der Waals surface area contributed by atoms with E-state index in [1.54, 1.807) is 32.4 Å². The van der Waals surface area contributed by atoms with Gasteiger partial charge in [-0.25, -0.2) is 4.79 Å². The summed E-state index contributed by atoms with van der Waals surface area (Å²) < 4.78 is 10.6. The average molecular weight is 358 g/mol. The van der Waals surface area contributed by atoms with E-state index in [0.717, 1.165) is 11.1 Å². The molecule has 2 atom stereocenters. The van der Waals surface area contributed by atoms with Crippen LogP contribution in [-0.4, -0.2) is 31.4 Å². The molecule has 0 bridgehead atoms. The molecule has 0 spiro atoms. The molecule has 2 amide bonds. The van der Waals surface area contributed by atoms with Gasteiger partial charge in [-0.2, -0.15) is 0 Å². The molecule has 140 valence electrons. The van der Waals surface area contributed by atoms with Crippen molar-refractivity contribution in [2.24, 2.45) is 0 Å². The van der Waals surface area contributed by atoms with E-state index in [-0.39, 0.29) is 23.9 Å². The van der Waals surface area contributed by atoms with Gasteiger partial charge in [0, 0.05) is 17.7 Å². The fourth-order valence-electron chi connectivity index (χ4n) is 2.75. The highest BCUT2D eigenvalue weighted by Gasteiger charge is 2.16. The summed E-state index contributed by atoms with van der Waals surface area (Å²) in [4.78, 5) is 12.3. The number of benzene rings is 2. The Morgan fingerprint density at radius 2 is 1.73 bits per heavy atom. The zero-order valence-corrected chi connectivity index (χ0v) is 15.6. The second-order valence-electron chi connectivity index (χ2n) is 6.22. The molecular weight excluding hydrogens is 332 g/mol. The Kier molecular flexibility index (Phi) is 6.72. The minimum absolute atomic E-state index is 0.0514. The molecule has 0 aliphatic rings. The minimum atomic E-state index is -0.248. The topological polar surface area (TPSA) is 79.8 Å². The molecule has 6 heteroatoms. The van der Waals surface area contributed by atoms with E-state index in [1.165, 1.54) is 0 Å². The van der Waals surface area contributed by atoms with Crippen LogP contribution in [0.1, 0.15) is 31.0 Å². The number of urea groups is 1. The first-order valence-electron chi connectivity index (χ1n) is 8.49. The Balaban J connectivity index is 1.93. The Hall–Kier alpha value is -2.89. The van der Waals surface area contributed by atoms with Crippen LogP contribution in [0.5, 0.6) is 17.2 Å². The molecule has 0 fully saturated rings. The van der Waals surface area contributed by atoms with Gasteiger partial charge in [-0.15, -0.1) is 0 Å². The fourth-order valence-corrected chi connectivity index (χ4v) is 2.75. The third-order valence-electron chi connectivity index (χ3n) is 4.11. The lowest BCUT2D eigenvalue weighted by molar-refractivity contribution is 0.234. The summed E-state index contributed by atoms with van der Waals surface area (Å²) in [6.45, 7) is 3.83. The lowest BCUT2D eigenvalue weighted by atomic mass is 10.1. The number of hydrogen-bond acceptors (Lipinski definition) is 4. The molecule has 0 saturated heterocycles. The number of amides is 2. The highest BCUT2D eigenvalue weighted by Crippen LogP contribution is 2.29. The lowest BCUT2D eigenvalue weighted by Gasteiger charge is -2.20. The van der Waals surface area contributed by atoms with E-state index in [0.29, 0.717) is 17.9 Å². The van der Waals surface area contributed by atoms with Crippen molar-refractivity contribution in [1.29, 1.82) is 0 Å². The maximum atomic E-state index is 12.3. The van der Waals surface area contributed by atoms with E-state index in [1.807, 2.05) is 38.1 Å². The monoisotopic (exact) mass is 358 g/mol. The van der Waals surface area contributed by atoms with Crippen LogP contribution < -0.4 is 20.1 Å². The Labute approximate surface area is 154 Å². The number of phenols is 1. The van der Waals surface area contributed by atoms with Crippen LogP contribution in [0.4, 0.5) is 4.79 Å². The minimum Gasteiger partial charge on any atom is -0.508 e. The molecule has 0 heterocycles. The summed E-state index contributed by atoms with van der Waals surface area (Å²) in [5, 5.41) is 15.2. The first-order valence-corrected chi connectivity index (χ1v) is 8.49. The SMILES string of the molecule is COc1ccc(C(C)NC(=O)NC(C)Cc2ccc(O)cc2)c(OC)c1. The van der Waals surface area contributed by atoms with Gasteiger partial charge in [-0.3, -0.25) is 0 Å². The third kappa shape index (κ3) is 5.31. The number of rotatable bonds is 7. The zero-order chi connectivity index (χ0) is 19.1. The van der Waals surface area contributed by atoms with Gasteiger partial charge in [-0.1, -0.05) is 12.1 Å². The van der Waals surface area contributed by atoms with E-state index >= 15 is 0 Å². The van der Waals surface area contributed by atoms with E-state index in [2.05, 4.69) is 10.6 Å². The molecular formula is C20H26N2O4. The number of aromatic hydroxyl groups is 1. The quantitative estimate of drug-likeness (QED) is 0.709. The normalized spacial score (nSPS) is 12.8. The van der Waals surface area contributed by atoms with Gasteiger partial charge < -0.3 is 25.2 Å². The first-order chi connectivity index (χ1) is 12.4. The van der Waals surface area contributed by atoms with Crippen LogP contribution in [0.15, 0.2) is 42.5 Å². The predicted molar refractivity (Wildman–Crippen MR) is 101 cm³/mol. The van der Waals surface area contributed by atoms with Crippen LogP contribution in [-0.2, 0) is 6.42 Å². The van der Waals surface area contributed by atoms with Gasteiger partial charge in [-0.05, 0) is 50.1 Å². The Morgan fingerprint density at radius 3 is 2.35 bits per heavy atom. The average Bonchev–Trinajstić information content (AvgIpc) is 2.62. The molecule has 0 radical (unpaired) electrons. The maximum absolute atomic E-state index is 12.3. The van der Waals surface area contributed by atoms with Gasteiger partial charge in [0.2, 0.25) is 0 Å². The predicted octanol–water partition coefficient (Wildman–Crippen LogP) is 3.40. The molecule has 6 nitrogen and oxygen atoms in total. The standard InChI is InChI=1S/C20H26N2O4/c1-13(11-15-5-7-16(23)8-6-15)21-20(24)22-14(2)18-10-9-17(25-3)12-19(18)26-4/h5-10,12-14,23H,11H2,1-4H3,(H2,21,22,24). The number of ether oxygens (including phenoxy) is 2. The molecule has 2 aromatic carbocycles. The molecule has 0 aromatic heterocycles. The Bertz CT molecular complexity index is 731. The van der Waals surface area contributed by atoms with Gasteiger partial charge in [0.25, 0.3) is 0 Å². The summed E-state index contributed by atoms with van der Waals surface area (Å²) in [6, 6.07) is 11.9.